The van der Waals surface area contributed by atoms with Crippen LogP contribution in [0.2, 0.25) is 0 Å². The van der Waals surface area contributed by atoms with Gasteiger partial charge in [0.05, 0.1) is 56.3 Å². The summed E-state index contributed by atoms with van der Waals surface area (Å²) in [6.45, 7) is 5.59. The maximum absolute atomic E-state index is 14.3. The Morgan fingerprint density at radius 1 is 0.411 bits per heavy atom. The number of carboxylic acids is 1. The summed E-state index contributed by atoms with van der Waals surface area (Å²) in [4.78, 5) is 110. The van der Waals surface area contributed by atoms with Crippen molar-refractivity contribution in [2.24, 2.45) is 28.7 Å². The van der Waals surface area contributed by atoms with E-state index in [1.807, 2.05) is 0 Å². The van der Waals surface area contributed by atoms with Crippen LogP contribution in [0.5, 0.6) is 23.0 Å². The zero-order chi connectivity index (χ0) is 65.7. The van der Waals surface area contributed by atoms with E-state index < -0.39 is 65.4 Å². The summed E-state index contributed by atoms with van der Waals surface area (Å²) in [6, 6.07) is 19.8. The number of methoxy groups -OCH3 is 4. The van der Waals surface area contributed by atoms with Crippen molar-refractivity contribution < 1.29 is 62.4 Å². The fraction of sp³-hybridized carbons (Fsp3) is 0.375. The standard InChI is InChI=1S/C64H85N13O13/c1-38(49(69)17-6-10-29-65)70-41-21-25-54(88-3)46(34-41)58(79)75-50(18-7-11-30-66)62(83)73-43-23-27-56(90-5)48(36-43)60(81)77-52(20-9-13-32-68)63(84)74-44-24-28-55(89-4)47(37-44)59(80)76-51(19-8-12-31-67)61(82)72-42-22-26-53(87-2)45(35-42)57(78)71-40-16-14-15-39(33-40)64(85)86/h14-16,21-28,33-37,49-52,70H,1,6-13,17-20,29-32,65-69H2,2-5H3,(H,71,78)(H,72,82)(H,73,83)(H,74,84)(H,75,79)(H,76,80)(H,77,81)(H,85,86)/t49-,50-,51-,52-/m0/s1. The number of aromatic carboxylic acids is 1. The topological polar surface area (TPSA) is 420 Å². The van der Waals surface area contributed by atoms with Crippen LogP contribution in [0.1, 0.15) is 129 Å². The van der Waals surface area contributed by atoms with Gasteiger partial charge in [0.15, 0.2) is 0 Å². The number of anilines is 5. The molecular formula is C64H85N13O13. The molecule has 0 saturated heterocycles. The summed E-state index contributed by atoms with van der Waals surface area (Å²) < 4.78 is 22.1. The molecule has 0 aromatic heterocycles. The van der Waals surface area contributed by atoms with Gasteiger partial charge in [-0.1, -0.05) is 19.1 Å². The Kier molecular flexibility index (Phi) is 29.0. The van der Waals surface area contributed by atoms with Crippen LogP contribution in [-0.4, -0.2) is 131 Å². The third kappa shape index (κ3) is 21.3. The minimum atomic E-state index is -1.18. The van der Waals surface area contributed by atoms with Crippen LogP contribution in [-0.2, 0) is 14.4 Å². The highest BCUT2D eigenvalue weighted by Gasteiger charge is 2.29. The number of nitrogens with one attached hydrogen (secondary N) is 8. The third-order valence-electron chi connectivity index (χ3n) is 14.4. The normalized spacial score (nSPS) is 12.1. The molecular weight excluding hydrogens is 1160 g/mol. The van der Waals surface area contributed by atoms with Crippen molar-refractivity contribution in [3.63, 3.8) is 0 Å². The summed E-state index contributed by atoms with van der Waals surface area (Å²) in [6.07, 6.45) is 5.70. The van der Waals surface area contributed by atoms with E-state index in [4.69, 9.17) is 47.6 Å². The van der Waals surface area contributed by atoms with Crippen molar-refractivity contribution in [3.8, 4) is 23.0 Å². The fourth-order valence-electron chi connectivity index (χ4n) is 9.42. The Labute approximate surface area is 523 Å². The molecule has 5 rings (SSSR count). The highest BCUT2D eigenvalue weighted by Crippen LogP contribution is 2.29. The molecule has 484 valence electrons. The first-order valence-corrected chi connectivity index (χ1v) is 29.6. The second kappa shape index (κ2) is 36.6. The van der Waals surface area contributed by atoms with Gasteiger partial charge < -0.3 is 95.3 Å². The molecule has 19 N–H and O–H groups in total. The first-order valence-electron chi connectivity index (χ1n) is 29.6. The second-order valence-electron chi connectivity index (χ2n) is 20.9. The Balaban J connectivity index is 1.33. The Morgan fingerprint density at radius 2 is 0.722 bits per heavy atom. The van der Waals surface area contributed by atoms with Gasteiger partial charge in [0.25, 0.3) is 23.6 Å². The highest BCUT2D eigenvalue weighted by atomic mass is 16.5. The first-order chi connectivity index (χ1) is 43.3. The molecule has 0 aliphatic heterocycles. The maximum Gasteiger partial charge on any atom is 0.335 e. The van der Waals surface area contributed by atoms with Crippen molar-refractivity contribution in [1.29, 1.82) is 0 Å². The number of unbranched alkanes of at least 4 members (excludes halogenated alkanes) is 4. The van der Waals surface area contributed by atoms with Crippen LogP contribution >= 0.6 is 0 Å². The number of carbonyl (C=O) groups excluding carboxylic acids is 7. The molecule has 5 aromatic carbocycles. The van der Waals surface area contributed by atoms with Gasteiger partial charge in [-0.05, 0) is 188 Å². The summed E-state index contributed by atoms with van der Waals surface area (Å²) in [7, 11) is 5.47. The second-order valence-corrected chi connectivity index (χ2v) is 20.9. The highest BCUT2D eigenvalue weighted by molar-refractivity contribution is 6.09. The Hall–Kier alpha value is -9.60. The number of hydrogen-bond acceptors (Lipinski definition) is 18. The van der Waals surface area contributed by atoms with Crippen LogP contribution in [0.3, 0.4) is 0 Å². The summed E-state index contributed by atoms with van der Waals surface area (Å²) in [5.74, 6) is -5.24. The number of ether oxygens (including phenoxy) is 4. The third-order valence-corrected chi connectivity index (χ3v) is 14.4. The molecule has 0 radical (unpaired) electrons. The van der Waals surface area contributed by atoms with Crippen LogP contribution in [0.25, 0.3) is 0 Å². The van der Waals surface area contributed by atoms with E-state index in [1.165, 1.54) is 107 Å². The predicted octanol–water partition coefficient (Wildman–Crippen LogP) is 5.65. The first kappa shape index (κ1) is 71.2. The van der Waals surface area contributed by atoms with Gasteiger partial charge in [0.1, 0.15) is 41.1 Å². The van der Waals surface area contributed by atoms with E-state index in [1.54, 1.807) is 18.2 Å². The molecule has 90 heavy (non-hydrogen) atoms. The minimum Gasteiger partial charge on any atom is -0.496 e. The van der Waals surface area contributed by atoms with Crippen molar-refractivity contribution >= 4 is 75.8 Å². The molecule has 0 aliphatic carbocycles. The van der Waals surface area contributed by atoms with E-state index in [2.05, 4.69) is 49.1 Å². The smallest absolute Gasteiger partial charge is 0.335 e. The van der Waals surface area contributed by atoms with E-state index in [0.29, 0.717) is 82.5 Å². The van der Waals surface area contributed by atoms with Gasteiger partial charge in [-0.2, -0.15) is 0 Å². The number of hydrogen-bond donors (Lipinski definition) is 14. The zero-order valence-corrected chi connectivity index (χ0v) is 51.3. The predicted molar refractivity (Wildman–Crippen MR) is 345 cm³/mol. The lowest BCUT2D eigenvalue weighted by molar-refractivity contribution is -0.118. The Bertz CT molecular complexity index is 3310. The van der Waals surface area contributed by atoms with Gasteiger partial charge in [-0.25, -0.2) is 4.79 Å². The molecule has 4 atom stereocenters. The molecule has 26 heteroatoms. The van der Waals surface area contributed by atoms with Crippen molar-refractivity contribution in [2.75, 3.05) is 81.2 Å². The van der Waals surface area contributed by atoms with E-state index in [-0.39, 0.29) is 98.9 Å². The lowest BCUT2D eigenvalue weighted by Gasteiger charge is -2.22. The molecule has 0 heterocycles. The molecule has 0 spiro atoms. The van der Waals surface area contributed by atoms with Gasteiger partial charge in [0.2, 0.25) is 17.7 Å². The number of benzene rings is 5. The summed E-state index contributed by atoms with van der Waals surface area (Å²) >= 11 is 0. The fourth-order valence-corrected chi connectivity index (χ4v) is 9.42. The quantitative estimate of drug-likeness (QED) is 0.0212. The van der Waals surface area contributed by atoms with Gasteiger partial charge in [0, 0.05) is 40.2 Å². The Morgan fingerprint density at radius 3 is 1.04 bits per heavy atom. The van der Waals surface area contributed by atoms with E-state index >= 15 is 0 Å². The minimum absolute atomic E-state index is 0.0118. The van der Waals surface area contributed by atoms with Crippen molar-refractivity contribution in [3.05, 3.63) is 137 Å². The van der Waals surface area contributed by atoms with Crippen LogP contribution in [0.4, 0.5) is 28.4 Å². The lowest BCUT2D eigenvalue weighted by atomic mass is 10.0. The molecule has 0 unspecified atom stereocenters. The molecule has 7 amide bonds. The number of amides is 7. The maximum atomic E-state index is 14.3. The number of nitrogens with two attached hydrogens (primary N) is 5. The molecule has 0 fully saturated rings. The zero-order valence-electron chi connectivity index (χ0n) is 51.3. The van der Waals surface area contributed by atoms with Gasteiger partial charge >= 0.3 is 5.97 Å². The van der Waals surface area contributed by atoms with Crippen LogP contribution in [0.15, 0.2) is 109 Å². The monoisotopic (exact) mass is 1240 g/mol. The van der Waals surface area contributed by atoms with Crippen LogP contribution < -0.4 is 90.2 Å². The van der Waals surface area contributed by atoms with Gasteiger partial charge in [-0.3, -0.25) is 33.6 Å². The molecule has 5 aromatic rings. The molecule has 26 nitrogen and oxygen atoms in total. The average molecular weight is 1240 g/mol. The van der Waals surface area contributed by atoms with E-state index in [9.17, 15) is 43.5 Å². The van der Waals surface area contributed by atoms with Crippen molar-refractivity contribution in [2.45, 2.75) is 101 Å². The number of carboxylic acid groups (broad SMARTS) is 1. The summed E-state index contributed by atoms with van der Waals surface area (Å²) in [5.41, 5.74) is 31.2. The summed E-state index contributed by atoms with van der Waals surface area (Å²) in [5, 5.41) is 32.0. The molecule has 0 bridgehead atoms. The molecule has 0 saturated carbocycles. The average Bonchev–Trinajstić information content (AvgIpc) is 1.05. The molecule has 0 aliphatic rings. The lowest BCUT2D eigenvalue weighted by Crippen LogP contribution is -2.44. The van der Waals surface area contributed by atoms with E-state index in [0.717, 1.165) is 12.8 Å². The largest absolute Gasteiger partial charge is 0.496 e. The van der Waals surface area contributed by atoms with Crippen molar-refractivity contribution in [1.82, 2.24) is 16.0 Å². The van der Waals surface area contributed by atoms with Gasteiger partial charge in [-0.15, -0.1) is 0 Å². The number of carbonyl (C=O) groups is 8. The van der Waals surface area contributed by atoms with Crippen LogP contribution in [0, 0.1) is 0 Å². The number of rotatable bonds is 38. The SMILES string of the molecule is C=C(Nc1ccc(OC)c(C(=O)N[C@@H](CCCCN)C(=O)Nc2ccc(OC)c(C(=O)N[C@@H](CCCCN)C(=O)Nc3ccc(OC)c(C(=O)N[C@@H](CCCCN)C(=O)Nc4ccc(OC)c(C(=O)Nc5cccc(C(=O)O)c5)c4)c3)c2)c1)[C@@H](N)CCCCN.